The molecule has 0 saturated carbocycles. The number of benzene rings is 1. The van der Waals surface area contributed by atoms with Gasteiger partial charge in [0.1, 0.15) is 0 Å². The first-order chi connectivity index (χ1) is 11.1. The number of nitrogens with zero attached hydrogens (tertiary/aromatic N) is 2. The van der Waals surface area contributed by atoms with Crippen molar-refractivity contribution >= 4 is 5.91 Å². The number of hydrogen-bond donors (Lipinski definition) is 1. The zero-order valence-electron chi connectivity index (χ0n) is 14.4. The van der Waals surface area contributed by atoms with Crippen molar-refractivity contribution in [3.05, 3.63) is 35.4 Å². The first-order valence-corrected chi connectivity index (χ1v) is 8.96. The van der Waals surface area contributed by atoms with Gasteiger partial charge in [-0.2, -0.15) is 0 Å². The molecule has 1 N–H and O–H groups in total. The summed E-state index contributed by atoms with van der Waals surface area (Å²) in [4.78, 5) is 17.2. The van der Waals surface area contributed by atoms with Gasteiger partial charge in [-0.25, -0.2) is 0 Å². The van der Waals surface area contributed by atoms with Gasteiger partial charge in [-0.3, -0.25) is 9.69 Å². The molecule has 1 amide bonds. The molecule has 2 saturated heterocycles. The first kappa shape index (κ1) is 16.5. The topological polar surface area (TPSA) is 35.6 Å². The summed E-state index contributed by atoms with van der Waals surface area (Å²) in [6.45, 7) is 10.4. The molecule has 2 heterocycles. The molecule has 0 unspecified atom stereocenters. The first-order valence-electron chi connectivity index (χ1n) is 8.96. The number of amides is 1. The largest absolute Gasteiger partial charge is 0.336 e. The van der Waals surface area contributed by atoms with Crippen molar-refractivity contribution in [2.45, 2.75) is 32.7 Å². The molecular formula is C19H29N3O. The van der Waals surface area contributed by atoms with Crippen LogP contribution in [0.15, 0.2) is 24.3 Å². The highest BCUT2D eigenvalue weighted by atomic mass is 16.2. The minimum atomic E-state index is 0.185. The van der Waals surface area contributed by atoms with E-state index in [1.165, 1.54) is 12.0 Å². The highest BCUT2D eigenvalue weighted by molar-refractivity contribution is 5.94. The molecule has 0 aromatic heterocycles. The smallest absolute Gasteiger partial charge is 0.253 e. The van der Waals surface area contributed by atoms with Crippen LogP contribution in [0.5, 0.6) is 0 Å². The molecule has 0 bridgehead atoms. The number of carbonyl (C=O) groups excluding carboxylic acids is 1. The Balaban J connectivity index is 1.54. The third kappa shape index (κ3) is 4.12. The van der Waals surface area contributed by atoms with Crippen molar-refractivity contribution in [2.24, 2.45) is 5.92 Å². The Bertz CT molecular complexity index is 512. The summed E-state index contributed by atoms with van der Waals surface area (Å²) in [5, 5.41) is 3.43. The number of piperazine rings is 1. The van der Waals surface area contributed by atoms with Crippen LogP contribution in [0.2, 0.25) is 0 Å². The van der Waals surface area contributed by atoms with Crippen molar-refractivity contribution < 1.29 is 4.79 Å². The lowest BCUT2D eigenvalue weighted by molar-refractivity contribution is 0.0584. The fraction of sp³-hybridized carbons (Fsp3) is 0.632. The lowest BCUT2D eigenvalue weighted by Gasteiger charge is -2.37. The molecule has 2 fully saturated rings. The Hall–Kier alpha value is -1.39. The van der Waals surface area contributed by atoms with E-state index in [-0.39, 0.29) is 5.91 Å². The average molecular weight is 315 g/mol. The Labute approximate surface area is 139 Å². The van der Waals surface area contributed by atoms with Gasteiger partial charge in [-0.05, 0) is 43.0 Å². The molecule has 4 heteroatoms. The molecule has 1 atom stereocenters. The summed E-state index contributed by atoms with van der Waals surface area (Å²) in [5.41, 5.74) is 2.14. The fourth-order valence-electron chi connectivity index (χ4n) is 3.68. The lowest BCUT2D eigenvalue weighted by atomic mass is 10.0. The van der Waals surface area contributed by atoms with Crippen LogP contribution in [-0.2, 0) is 6.42 Å². The molecule has 1 aromatic rings. The van der Waals surface area contributed by atoms with Gasteiger partial charge < -0.3 is 10.2 Å². The highest BCUT2D eigenvalue weighted by Gasteiger charge is 2.28. The van der Waals surface area contributed by atoms with Crippen molar-refractivity contribution in [3.63, 3.8) is 0 Å². The van der Waals surface area contributed by atoms with Gasteiger partial charge >= 0.3 is 0 Å². The molecular weight excluding hydrogens is 286 g/mol. The van der Waals surface area contributed by atoms with E-state index in [1.54, 1.807) is 0 Å². The predicted octanol–water partition coefficient (Wildman–Crippen LogP) is 2.00. The molecule has 4 nitrogen and oxygen atoms in total. The third-order valence-electron chi connectivity index (χ3n) is 5.00. The normalized spacial score (nSPS) is 22.7. The van der Waals surface area contributed by atoms with E-state index in [4.69, 9.17) is 0 Å². The van der Waals surface area contributed by atoms with Crippen LogP contribution in [0.3, 0.4) is 0 Å². The van der Waals surface area contributed by atoms with Crippen LogP contribution >= 0.6 is 0 Å². The minimum absolute atomic E-state index is 0.185. The van der Waals surface area contributed by atoms with Crippen molar-refractivity contribution in [1.82, 2.24) is 15.1 Å². The molecule has 0 radical (unpaired) electrons. The maximum atomic E-state index is 12.7. The average Bonchev–Trinajstić information content (AvgIpc) is 3.09. The summed E-state index contributed by atoms with van der Waals surface area (Å²) in [6, 6.07) is 8.87. The number of nitrogens with one attached hydrogen (secondary N) is 1. The summed E-state index contributed by atoms with van der Waals surface area (Å²) >= 11 is 0. The SMILES string of the molecule is CC(C)Cc1ccc(C(=O)N2CCN([C@@H]3CCNC3)CC2)cc1. The predicted molar refractivity (Wildman–Crippen MR) is 93.7 cm³/mol. The van der Waals surface area contributed by atoms with Gasteiger partial charge in [-0.1, -0.05) is 26.0 Å². The van der Waals surface area contributed by atoms with Crippen LogP contribution in [0, 0.1) is 5.92 Å². The molecule has 3 rings (SSSR count). The van der Waals surface area contributed by atoms with Crippen LogP contribution in [0.1, 0.15) is 36.2 Å². The third-order valence-corrected chi connectivity index (χ3v) is 5.00. The molecule has 0 spiro atoms. The van der Waals surface area contributed by atoms with Crippen LogP contribution in [-0.4, -0.2) is 61.0 Å². The second-order valence-corrected chi connectivity index (χ2v) is 7.27. The van der Waals surface area contributed by atoms with E-state index in [9.17, 15) is 4.79 Å². The summed E-state index contributed by atoms with van der Waals surface area (Å²) in [7, 11) is 0. The quantitative estimate of drug-likeness (QED) is 0.923. The van der Waals surface area contributed by atoms with Gasteiger partial charge in [0.15, 0.2) is 0 Å². The Kier molecular flexibility index (Phi) is 5.34. The van der Waals surface area contributed by atoms with E-state index < -0.39 is 0 Å². The van der Waals surface area contributed by atoms with E-state index >= 15 is 0 Å². The maximum Gasteiger partial charge on any atom is 0.253 e. The van der Waals surface area contributed by atoms with Gasteiger partial charge in [-0.15, -0.1) is 0 Å². The zero-order valence-corrected chi connectivity index (χ0v) is 14.4. The van der Waals surface area contributed by atoms with Gasteiger partial charge in [0.05, 0.1) is 0 Å². The fourth-order valence-corrected chi connectivity index (χ4v) is 3.68. The van der Waals surface area contributed by atoms with E-state index in [0.29, 0.717) is 12.0 Å². The molecule has 2 aliphatic heterocycles. The van der Waals surface area contributed by atoms with Crippen LogP contribution in [0.25, 0.3) is 0 Å². The minimum Gasteiger partial charge on any atom is -0.336 e. The molecule has 0 aliphatic carbocycles. The molecule has 126 valence electrons. The number of rotatable bonds is 4. The summed E-state index contributed by atoms with van der Waals surface area (Å²) < 4.78 is 0. The van der Waals surface area contributed by atoms with E-state index in [2.05, 4.69) is 36.2 Å². The van der Waals surface area contributed by atoms with Gasteiger partial charge in [0.2, 0.25) is 0 Å². The Morgan fingerprint density at radius 2 is 1.87 bits per heavy atom. The van der Waals surface area contributed by atoms with Crippen LogP contribution < -0.4 is 5.32 Å². The zero-order chi connectivity index (χ0) is 16.2. The Morgan fingerprint density at radius 1 is 1.17 bits per heavy atom. The van der Waals surface area contributed by atoms with Gasteiger partial charge in [0.25, 0.3) is 5.91 Å². The second-order valence-electron chi connectivity index (χ2n) is 7.27. The van der Waals surface area contributed by atoms with Crippen LogP contribution in [0.4, 0.5) is 0 Å². The second kappa shape index (κ2) is 7.45. The van der Waals surface area contributed by atoms with Crippen molar-refractivity contribution in [1.29, 1.82) is 0 Å². The highest BCUT2D eigenvalue weighted by Crippen LogP contribution is 2.15. The standard InChI is InChI=1S/C19H29N3O/c1-15(2)13-16-3-5-17(6-4-16)19(23)22-11-9-21(10-12-22)18-7-8-20-14-18/h3-6,15,18,20H,7-14H2,1-2H3/t18-/m1/s1. The molecule has 2 aliphatic rings. The van der Waals surface area contributed by atoms with E-state index in [1.807, 2.05) is 17.0 Å². The molecule has 1 aromatic carbocycles. The Morgan fingerprint density at radius 3 is 2.43 bits per heavy atom. The number of carbonyl (C=O) groups is 1. The summed E-state index contributed by atoms with van der Waals surface area (Å²) in [5.74, 6) is 0.833. The molecule has 23 heavy (non-hydrogen) atoms. The van der Waals surface area contributed by atoms with E-state index in [0.717, 1.165) is 51.3 Å². The monoisotopic (exact) mass is 315 g/mol. The van der Waals surface area contributed by atoms with Gasteiger partial charge in [0, 0.05) is 44.3 Å². The van der Waals surface area contributed by atoms with Crippen molar-refractivity contribution in [2.75, 3.05) is 39.3 Å². The lowest BCUT2D eigenvalue weighted by Crippen LogP contribution is -2.52. The number of hydrogen-bond acceptors (Lipinski definition) is 3. The summed E-state index contributed by atoms with van der Waals surface area (Å²) in [6.07, 6.45) is 2.31. The van der Waals surface area contributed by atoms with Crippen molar-refractivity contribution in [3.8, 4) is 0 Å². The maximum absolute atomic E-state index is 12.7.